The molecule has 2 heterocycles. The highest BCUT2D eigenvalue weighted by Crippen LogP contribution is 2.31. The number of halogens is 3. The van der Waals surface area contributed by atoms with Gasteiger partial charge in [0.1, 0.15) is 11.9 Å². The molecule has 1 aromatic carbocycles. The predicted molar refractivity (Wildman–Crippen MR) is 87.1 cm³/mol. The zero-order valence-electron chi connectivity index (χ0n) is 14.4. The summed E-state index contributed by atoms with van der Waals surface area (Å²) in [5.41, 5.74) is 2.76. The number of amides is 1. The third kappa shape index (κ3) is 5.10. The molecule has 3 rings (SSSR count). The molecule has 0 saturated carbocycles. The van der Waals surface area contributed by atoms with E-state index in [-0.39, 0.29) is 18.9 Å². The van der Waals surface area contributed by atoms with Crippen molar-refractivity contribution < 1.29 is 32.3 Å². The number of hydroxylamine groups is 1. The molecule has 0 bridgehead atoms. The van der Waals surface area contributed by atoms with Gasteiger partial charge in [0.05, 0.1) is 6.04 Å². The minimum atomic E-state index is -5.15. The fourth-order valence-electron chi connectivity index (χ4n) is 3.05. The zero-order chi connectivity index (χ0) is 19.4. The van der Waals surface area contributed by atoms with Crippen molar-refractivity contribution >= 4 is 11.9 Å². The molecule has 1 aromatic rings. The molecule has 0 radical (unpaired) electrons. The average Bonchev–Trinajstić information content (AvgIpc) is 2.63. The lowest BCUT2D eigenvalue weighted by Gasteiger charge is -2.33. The van der Waals surface area contributed by atoms with Gasteiger partial charge >= 0.3 is 12.1 Å². The number of nitrogens with zero attached hydrogens (tertiary/aromatic N) is 1. The molecule has 2 aliphatic rings. The van der Waals surface area contributed by atoms with Crippen LogP contribution in [-0.2, 0) is 14.4 Å². The molecule has 1 unspecified atom stereocenters. The van der Waals surface area contributed by atoms with Crippen LogP contribution in [-0.4, -0.2) is 42.4 Å². The number of piperidine rings is 1. The summed E-state index contributed by atoms with van der Waals surface area (Å²) in [4.78, 5) is 27.0. The first-order valence-corrected chi connectivity index (χ1v) is 8.68. The highest BCUT2D eigenvalue weighted by Gasteiger charge is 2.44. The molecular weight excluding hydrogens is 367 g/mol. The molecule has 2 aliphatic heterocycles. The standard InChI is InChI=1S/C17H20F3N3O4/c18-17(19,20)16(25)27-23-14(5-6-15(24)22-23)11-1-3-12(4-2-11)26-13-7-9-21-10-8-13/h1-4,13-14,21H,5-10H2,(H,22,24). The summed E-state index contributed by atoms with van der Waals surface area (Å²) >= 11 is 0. The second-order valence-corrected chi connectivity index (χ2v) is 6.43. The van der Waals surface area contributed by atoms with E-state index in [4.69, 9.17) is 4.74 Å². The molecule has 2 saturated heterocycles. The number of hydrogen-bond donors (Lipinski definition) is 2. The van der Waals surface area contributed by atoms with Crippen LogP contribution < -0.4 is 15.5 Å². The molecule has 10 heteroatoms. The second-order valence-electron chi connectivity index (χ2n) is 6.43. The quantitative estimate of drug-likeness (QED) is 0.823. The van der Waals surface area contributed by atoms with Crippen molar-refractivity contribution in [2.45, 2.75) is 44.0 Å². The predicted octanol–water partition coefficient (Wildman–Crippen LogP) is 2.01. The minimum absolute atomic E-state index is 0.109. The van der Waals surface area contributed by atoms with Gasteiger partial charge in [0, 0.05) is 6.42 Å². The van der Waals surface area contributed by atoms with Crippen molar-refractivity contribution in [1.29, 1.82) is 0 Å². The lowest BCUT2D eigenvalue weighted by atomic mass is 10.0. The summed E-state index contributed by atoms with van der Waals surface area (Å²) in [6.07, 6.45) is -2.91. The topological polar surface area (TPSA) is 79.9 Å². The molecule has 0 spiro atoms. The van der Waals surface area contributed by atoms with Crippen LogP contribution in [0.15, 0.2) is 24.3 Å². The van der Waals surface area contributed by atoms with Crippen LogP contribution in [0.3, 0.4) is 0 Å². The first-order valence-electron chi connectivity index (χ1n) is 8.68. The Balaban J connectivity index is 1.68. The van der Waals surface area contributed by atoms with Crippen LogP contribution in [0.1, 0.15) is 37.3 Å². The summed E-state index contributed by atoms with van der Waals surface area (Å²) in [7, 11) is 0. The third-order valence-corrected chi connectivity index (χ3v) is 4.43. The summed E-state index contributed by atoms with van der Waals surface area (Å²) in [6, 6.07) is 6.09. The van der Waals surface area contributed by atoms with E-state index in [0.29, 0.717) is 16.5 Å². The van der Waals surface area contributed by atoms with Gasteiger partial charge in [0.25, 0.3) is 0 Å². The largest absolute Gasteiger partial charge is 0.492 e. The number of hydrogen-bond acceptors (Lipinski definition) is 6. The Labute approximate surface area is 153 Å². The molecule has 1 atom stereocenters. The maximum absolute atomic E-state index is 12.5. The number of rotatable bonds is 4. The Bertz CT molecular complexity index is 675. The van der Waals surface area contributed by atoms with Gasteiger partial charge in [0.15, 0.2) is 0 Å². The number of hydrazine groups is 1. The first kappa shape index (κ1) is 19.4. The molecule has 0 aromatic heterocycles. The minimum Gasteiger partial charge on any atom is -0.490 e. The van der Waals surface area contributed by atoms with Crippen LogP contribution >= 0.6 is 0 Å². The van der Waals surface area contributed by atoms with E-state index in [1.54, 1.807) is 24.3 Å². The van der Waals surface area contributed by atoms with Crippen molar-refractivity contribution in [3.8, 4) is 5.75 Å². The fraction of sp³-hybridized carbons (Fsp3) is 0.529. The number of carbonyl (C=O) groups excluding carboxylic acids is 2. The van der Waals surface area contributed by atoms with Gasteiger partial charge in [-0.05, 0) is 55.2 Å². The molecule has 0 aliphatic carbocycles. The fourth-order valence-corrected chi connectivity index (χ4v) is 3.05. The molecule has 1 amide bonds. The Morgan fingerprint density at radius 1 is 1.11 bits per heavy atom. The van der Waals surface area contributed by atoms with Crippen LogP contribution in [0.2, 0.25) is 0 Å². The van der Waals surface area contributed by atoms with Crippen molar-refractivity contribution in [1.82, 2.24) is 15.9 Å². The highest BCUT2D eigenvalue weighted by atomic mass is 19.4. The van der Waals surface area contributed by atoms with E-state index in [1.165, 1.54) is 0 Å². The smallest absolute Gasteiger partial charge is 0.490 e. The number of nitrogens with one attached hydrogen (secondary N) is 2. The van der Waals surface area contributed by atoms with Crippen molar-refractivity contribution in [2.24, 2.45) is 0 Å². The third-order valence-electron chi connectivity index (χ3n) is 4.43. The van der Waals surface area contributed by atoms with Gasteiger partial charge in [-0.1, -0.05) is 12.1 Å². The molecular formula is C17H20F3N3O4. The summed E-state index contributed by atoms with van der Waals surface area (Å²) < 4.78 is 43.3. The van der Waals surface area contributed by atoms with Crippen molar-refractivity contribution in [3.63, 3.8) is 0 Å². The number of ether oxygens (including phenoxy) is 1. The van der Waals surface area contributed by atoms with Gasteiger partial charge in [-0.25, -0.2) is 4.79 Å². The van der Waals surface area contributed by atoms with Gasteiger partial charge in [-0.2, -0.15) is 13.2 Å². The zero-order valence-corrected chi connectivity index (χ0v) is 14.4. The van der Waals surface area contributed by atoms with E-state index < -0.39 is 24.1 Å². The van der Waals surface area contributed by atoms with Crippen LogP contribution in [0, 0.1) is 0 Å². The Kier molecular flexibility index (Phi) is 5.85. The van der Waals surface area contributed by atoms with Crippen LogP contribution in [0.5, 0.6) is 5.75 Å². The lowest BCUT2D eigenvalue weighted by Crippen LogP contribution is -2.50. The summed E-state index contributed by atoms with van der Waals surface area (Å²) in [5, 5.41) is 3.82. The summed E-state index contributed by atoms with van der Waals surface area (Å²) in [5.74, 6) is -2.25. The van der Waals surface area contributed by atoms with Gasteiger partial charge in [0.2, 0.25) is 5.91 Å². The highest BCUT2D eigenvalue weighted by molar-refractivity contribution is 5.77. The van der Waals surface area contributed by atoms with Crippen molar-refractivity contribution in [2.75, 3.05) is 13.1 Å². The average molecular weight is 387 g/mol. The maximum atomic E-state index is 12.5. The molecule has 2 N–H and O–H groups in total. The maximum Gasteiger partial charge on any atom is 0.492 e. The molecule has 2 fully saturated rings. The number of carbonyl (C=O) groups is 2. The van der Waals surface area contributed by atoms with E-state index in [9.17, 15) is 22.8 Å². The van der Waals surface area contributed by atoms with Crippen molar-refractivity contribution in [3.05, 3.63) is 29.8 Å². The number of benzene rings is 1. The monoisotopic (exact) mass is 387 g/mol. The molecule has 27 heavy (non-hydrogen) atoms. The Morgan fingerprint density at radius 2 is 1.78 bits per heavy atom. The van der Waals surface area contributed by atoms with Crippen LogP contribution in [0.4, 0.5) is 13.2 Å². The van der Waals surface area contributed by atoms with Gasteiger partial charge in [-0.3, -0.25) is 10.2 Å². The summed E-state index contributed by atoms with van der Waals surface area (Å²) in [6.45, 7) is 1.79. The van der Waals surface area contributed by atoms with E-state index in [0.717, 1.165) is 25.9 Å². The second kappa shape index (κ2) is 8.13. The number of alkyl halides is 3. The Morgan fingerprint density at radius 3 is 2.41 bits per heavy atom. The Hall–Kier alpha value is -2.33. The van der Waals surface area contributed by atoms with E-state index in [2.05, 4.69) is 15.6 Å². The molecule has 7 nitrogen and oxygen atoms in total. The van der Waals surface area contributed by atoms with Gasteiger partial charge < -0.3 is 14.9 Å². The van der Waals surface area contributed by atoms with Gasteiger partial charge in [-0.15, -0.1) is 0 Å². The van der Waals surface area contributed by atoms with E-state index >= 15 is 0 Å². The van der Waals surface area contributed by atoms with Crippen LogP contribution in [0.25, 0.3) is 0 Å². The lowest BCUT2D eigenvalue weighted by molar-refractivity contribution is -0.263. The normalized spacial score (nSPS) is 22.2. The van der Waals surface area contributed by atoms with E-state index in [1.807, 2.05) is 0 Å². The first-order chi connectivity index (χ1) is 12.8. The SMILES string of the molecule is O=C1CCC(c2ccc(OC3CCNCC3)cc2)N(OC(=O)C(F)(F)F)N1. The molecule has 148 valence electrons.